The molecule has 1 aliphatic carbocycles. The number of rotatable bonds is 2. The zero-order valence-corrected chi connectivity index (χ0v) is 25.2. The van der Waals surface area contributed by atoms with Gasteiger partial charge in [-0.1, -0.05) is 78.5 Å². The van der Waals surface area contributed by atoms with Crippen molar-refractivity contribution in [2.24, 2.45) is 0 Å². The summed E-state index contributed by atoms with van der Waals surface area (Å²) >= 11 is 1.90. The number of para-hydroxylation sites is 3. The molecule has 11 rings (SSSR count). The summed E-state index contributed by atoms with van der Waals surface area (Å²) in [6.45, 7) is 0. The van der Waals surface area contributed by atoms with Gasteiger partial charge in [0.15, 0.2) is 5.58 Å². The minimum absolute atomic E-state index is 0.376. The van der Waals surface area contributed by atoms with Crippen molar-refractivity contribution in [3.05, 3.63) is 132 Å². The van der Waals surface area contributed by atoms with Gasteiger partial charge in [0.2, 0.25) is 5.95 Å². The van der Waals surface area contributed by atoms with Crippen molar-refractivity contribution in [2.45, 2.75) is 17.2 Å². The van der Waals surface area contributed by atoms with Crippen molar-refractivity contribution in [2.75, 3.05) is 0 Å². The van der Waals surface area contributed by atoms with Crippen LogP contribution in [0.15, 0.2) is 140 Å². The standard InChI is InChI=1S/C40H23N3O2S/c1-5-13-28-24(10-1)35-29(18-20-34-36(35)26-12-4-8-16-33(26)46-34)43(28)40-41-37(39-38(42-40)25-11-3-7-15-31(25)45-39)22-17-19-32-27(21-22)23-9-2-6-14-30(23)44-32/h1-11,13-21,26H,12H2. The van der Waals surface area contributed by atoms with Crippen LogP contribution >= 0.6 is 11.8 Å². The zero-order valence-electron chi connectivity index (χ0n) is 24.4. The van der Waals surface area contributed by atoms with Crippen LogP contribution in [0, 0.1) is 0 Å². The average Bonchev–Trinajstić information content (AvgIpc) is 3.86. The van der Waals surface area contributed by atoms with E-state index in [1.165, 1.54) is 26.1 Å². The third-order valence-electron chi connectivity index (χ3n) is 9.58. The molecule has 9 aromatic rings. The highest BCUT2D eigenvalue weighted by atomic mass is 32.2. The van der Waals surface area contributed by atoms with E-state index in [9.17, 15) is 0 Å². The Morgan fingerprint density at radius 2 is 1.48 bits per heavy atom. The number of fused-ring (bicyclic) bond motifs is 13. The molecule has 0 saturated heterocycles. The molecule has 5 nitrogen and oxygen atoms in total. The highest BCUT2D eigenvalue weighted by Crippen LogP contribution is 2.55. The van der Waals surface area contributed by atoms with Gasteiger partial charge in [0.1, 0.15) is 28.0 Å². The molecule has 0 spiro atoms. The summed E-state index contributed by atoms with van der Waals surface area (Å²) in [5, 5.41) is 5.61. The van der Waals surface area contributed by atoms with Crippen LogP contribution in [0.25, 0.3) is 83.0 Å². The first-order valence-electron chi connectivity index (χ1n) is 15.5. The Bertz CT molecular complexity index is 2830. The fourth-order valence-electron chi connectivity index (χ4n) is 7.57. The molecule has 1 atom stereocenters. The first kappa shape index (κ1) is 24.7. The number of thioether (sulfide) groups is 1. The van der Waals surface area contributed by atoms with E-state index < -0.39 is 0 Å². The molecule has 1 aliphatic heterocycles. The molecule has 0 N–H and O–H groups in total. The lowest BCUT2D eigenvalue weighted by atomic mass is 9.89. The van der Waals surface area contributed by atoms with Gasteiger partial charge in [-0.2, -0.15) is 0 Å². The Morgan fingerprint density at radius 1 is 0.696 bits per heavy atom. The minimum Gasteiger partial charge on any atom is -0.456 e. The van der Waals surface area contributed by atoms with Crippen molar-refractivity contribution < 1.29 is 8.83 Å². The van der Waals surface area contributed by atoms with E-state index in [2.05, 4.69) is 83.5 Å². The molecule has 0 fully saturated rings. The zero-order chi connectivity index (χ0) is 29.9. The van der Waals surface area contributed by atoms with E-state index in [0.29, 0.717) is 17.4 Å². The van der Waals surface area contributed by atoms with Crippen LogP contribution < -0.4 is 0 Å². The van der Waals surface area contributed by atoms with Crippen LogP contribution in [-0.2, 0) is 0 Å². The Balaban J connectivity index is 1.24. The molecular formula is C40H23N3O2S. The maximum atomic E-state index is 6.51. The number of allylic oxidation sites excluding steroid dienone is 4. The topological polar surface area (TPSA) is 57.0 Å². The van der Waals surface area contributed by atoms with Gasteiger partial charge in [0.05, 0.1) is 11.0 Å². The summed E-state index contributed by atoms with van der Waals surface area (Å²) in [4.78, 5) is 13.4. The Labute approximate surface area is 266 Å². The molecule has 5 aromatic carbocycles. The van der Waals surface area contributed by atoms with Crippen molar-refractivity contribution in [1.82, 2.24) is 14.5 Å². The molecule has 46 heavy (non-hydrogen) atoms. The highest BCUT2D eigenvalue weighted by molar-refractivity contribution is 8.03. The summed E-state index contributed by atoms with van der Waals surface area (Å²) in [6.07, 6.45) is 7.77. The Morgan fingerprint density at radius 3 is 2.39 bits per heavy atom. The third-order valence-corrected chi connectivity index (χ3v) is 10.8. The van der Waals surface area contributed by atoms with Crippen LogP contribution in [0.3, 0.4) is 0 Å². The SMILES string of the molecule is C1=CCC2C(=C1)Sc1ccc3c(c12)c1ccccc1n3-c1nc(-c2ccc3oc4ccccc4c3c2)c2oc3ccccc3c2n1. The van der Waals surface area contributed by atoms with Gasteiger partial charge in [0, 0.05) is 43.3 Å². The second-order valence-electron chi connectivity index (χ2n) is 12.1. The van der Waals surface area contributed by atoms with E-state index in [1.807, 2.05) is 54.2 Å². The van der Waals surface area contributed by atoms with Crippen molar-refractivity contribution in [3.8, 4) is 17.2 Å². The first-order valence-corrected chi connectivity index (χ1v) is 16.3. The van der Waals surface area contributed by atoms with Crippen molar-refractivity contribution >= 4 is 77.6 Å². The van der Waals surface area contributed by atoms with Crippen molar-refractivity contribution in [1.29, 1.82) is 0 Å². The number of hydrogen-bond acceptors (Lipinski definition) is 5. The van der Waals surface area contributed by atoms with Gasteiger partial charge in [-0.05, 0) is 71.5 Å². The number of furan rings is 2. The second-order valence-corrected chi connectivity index (χ2v) is 13.2. The molecule has 0 bridgehead atoms. The summed E-state index contributed by atoms with van der Waals surface area (Å²) in [5.41, 5.74) is 9.33. The average molecular weight is 610 g/mol. The molecule has 2 aliphatic rings. The van der Waals surface area contributed by atoms with Crippen LogP contribution in [0.5, 0.6) is 0 Å². The molecule has 1 unspecified atom stereocenters. The number of aromatic nitrogens is 3. The Hall–Kier alpha value is -5.59. The van der Waals surface area contributed by atoms with E-state index in [0.717, 1.165) is 67.1 Å². The van der Waals surface area contributed by atoms with Gasteiger partial charge < -0.3 is 8.83 Å². The largest absolute Gasteiger partial charge is 0.456 e. The molecule has 0 amide bonds. The van der Waals surface area contributed by atoms with Crippen LogP contribution in [0.2, 0.25) is 0 Å². The lowest BCUT2D eigenvalue weighted by molar-refractivity contribution is 0.666. The summed E-state index contributed by atoms with van der Waals surface area (Å²) in [7, 11) is 0. The molecule has 216 valence electrons. The van der Waals surface area contributed by atoms with E-state index in [-0.39, 0.29) is 0 Å². The third kappa shape index (κ3) is 3.26. The summed E-state index contributed by atoms with van der Waals surface area (Å²) in [5.74, 6) is 1.00. The van der Waals surface area contributed by atoms with Gasteiger partial charge in [-0.15, -0.1) is 0 Å². The van der Waals surface area contributed by atoms with Gasteiger partial charge in [-0.25, -0.2) is 9.97 Å². The quantitative estimate of drug-likeness (QED) is 0.195. The first-order chi connectivity index (χ1) is 22.8. The molecular weight excluding hydrogens is 587 g/mol. The number of benzene rings is 5. The fraction of sp³-hybridized carbons (Fsp3) is 0.0500. The van der Waals surface area contributed by atoms with E-state index >= 15 is 0 Å². The molecule has 4 aromatic heterocycles. The van der Waals surface area contributed by atoms with Crippen LogP contribution in [0.1, 0.15) is 17.9 Å². The maximum absolute atomic E-state index is 6.51. The monoisotopic (exact) mass is 609 g/mol. The lowest BCUT2D eigenvalue weighted by Crippen LogP contribution is -2.03. The number of nitrogens with zero attached hydrogens (tertiary/aromatic N) is 3. The molecule has 6 heteroatoms. The van der Waals surface area contributed by atoms with E-state index in [4.69, 9.17) is 18.8 Å². The minimum atomic E-state index is 0.376. The van der Waals surface area contributed by atoms with Gasteiger partial charge in [-0.3, -0.25) is 4.57 Å². The smallest absolute Gasteiger partial charge is 0.236 e. The molecule has 0 saturated carbocycles. The predicted molar refractivity (Wildman–Crippen MR) is 187 cm³/mol. The lowest BCUT2D eigenvalue weighted by Gasteiger charge is -2.14. The normalized spacial score (nSPS) is 15.9. The maximum Gasteiger partial charge on any atom is 0.236 e. The highest BCUT2D eigenvalue weighted by Gasteiger charge is 2.32. The van der Waals surface area contributed by atoms with Crippen molar-refractivity contribution in [3.63, 3.8) is 0 Å². The second kappa shape index (κ2) is 8.99. The van der Waals surface area contributed by atoms with Gasteiger partial charge >= 0.3 is 0 Å². The Kier molecular flexibility index (Phi) is 4.83. The predicted octanol–water partition coefficient (Wildman–Crippen LogP) is 11.1. The van der Waals surface area contributed by atoms with Crippen LogP contribution in [0.4, 0.5) is 0 Å². The summed E-state index contributed by atoms with van der Waals surface area (Å²) in [6, 6.07) is 35.7. The number of hydrogen-bond donors (Lipinski definition) is 0. The summed E-state index contributed by atoms with van der Waals surface area (Å²) < 4.78 is 14.9. The van der Waals surface area contributed by atoms with E-state index in [1.54, 1.807) is 0 Å². The van der Waals surface area contributed by atoms with Crippen LogP contribution in [-0.4, -0.2) is 14.5 Å². The molecule has 0 radical (unpaired) electrons. The van der Waals surface area contributed by atoms with Gasteiger partial charge in [0.25, 0.3) is 0 Å². The fourth-order valence-corrected chi connectivity index (χ4v) is 8.82. The molecule has 5 heterocycles.